The molecule has 122 valence electrons. The van der Waals surface area contributed by atoms with Gasteiger partial charge in [-0.05, 0) is 30.9 Å². The third-order valence-electron chi connectivity index (χ3n) is 3.79. The maximum absolute atomic E-state index is 5.18. The first-order valence-corrected chi connectivity index (χ1v) is 7.47. The fraction of sp³-hybridized carbons (Fsp3) is 0.611. The quantitative estimate of drug-likeness (QED) is 0.385. The summed E-state index contributed by atoms with van der Waals surface area (Å²) in [5.41, 5.74) is 0. The second kappa shape index (κ2) is 14.4. The molecule has 0 aromatic carbocycles. The first kappa shape index (κ1) is 22.7. The van der Waals surface area contributed by atoms with Gasteiger partial charge in [-0.2, -0.15) is 0 Å². The van der Waals surface area contributed by atoms with E-state index in [2.05, 4.69) is 11.2 Å². The summed E-state index contributed by atoms with van der Waals surface area (Å²) in [6, 6.07) is 3.87. The normalized spacial score (nSPS) is 17.3. The van der Waals surface area contributed by atoms with Crippen LogP contribution in [0.5, 0.6) is 0 Å². The SMILES string of the molecule is C(=NCc1ccco1)C1CCCC1.C1CCCC1.[CH3-].[CH3-].[Fe+2]. The van der Waals surface area contributed by atoms with Crippen LogP contribution in [0.15, 0.2) is 27.8 Å². The Kier molecular flexibility index (Phi) is 15.6. The average Bonchev–Trinajstić information content (AvgIpc) is 3.16. The van der Waals surface area contributed by atoms with Crippen molar-refractivity contribution in [3.63, 3.8) is 0 Å². The van der Waals surface area contributed by atoms with Crippen molar-refractivity contribution in [3.05, 3.63) is 39.0 Å². The van der Waals surface area contributed by atoms with Crippen LogP contribution in [0.2, 0.25) is 0 Å². The summed E-state index contributed by atoms with van der Waals surface area (Å²) in [6.45, 7) is 0.698. The Balaban J connectivity index is 0. The fourth-order valence-electron chi connectivity index (χ4n) is 2.68. The molecular formula is C18H31FeNO. The van der Waals surface area contributed by atoms with Crippen LogP contribution in [-0.4, -0.2) is 6.21 Å². The summed E-state index contributed by atoms with van der Waals surface area (Å²) in [7, 11) is 0. The number of aliphatic imine (C=N–C) groups is 1. The van der Waals surface area contributed by atoms with Gasteiger partial charge in [0.25, 0.3) is 0 Å². The molecule has 2 aliphatic carbocycles. The zero-order chi connectivity index (χ0) is 12.5. The van der Waals surface area contributed by atoms with Gasteiger partial charge in [0.15, 0.2) is 0 Å². The molecule has 0 aliphatic heterocycles. The number of hydrogen-bond acceptors (Lipinski definition) is 2. The number of rotatable bonds is 3. The van der Waals surface area contributed by atoms with Crippen LogP contribution >= 0.6 is 0 Å². The Morgan fingerprint density at radius 1 is 1.00 bits per heavy atom. The Morgan fingerprint density at radius 3 is 2.05 bits per heavy atom. The smallest absolute Gasteiger partial charge is 0.467 e. The van der Waals surface area contributed by atoms with E-state index in [0.717, 1.165) is 11.7 Å². The van der Waals surface area contributed by atoms with Crippen LogP contribution in [0.4, 0.5) is 0 Å². The van der Waals surface area contributed by atoms with E-state index in [1.165, 1.54) is 57.8 Å². The Morgan fingerprint density at radius 2 is 1.57 bits per heavy atom. The van der Waals surface area contributed by atoms with E-state index in [1.807, 2.05) is 12.1 Å². The zero-order valence-corrected chi connectivity index (χ0v) is 14.8. The third kappa shape index (κ3) is 9.92. The molecule has 1 aromatic rings. The molecular weight excluding hydrogens is 302 g/mol. The predicted octanol–water partition coefficient (Wildman–Crippen LogP) is 5.89. The molecule has 3 rings (SSSR count). The molecule has 0 bridgehead atoms. The monoisotopic (exact) mass is 333 g/mol. The molecule has 1 heterocycles. The first-order valence-electron chi connectivity index (χ1n) is 7.47. The molecule has 2 fully saturated rings. The molecule has 3 heteroatoms. The predicted molar refractivity (Wildman–Crippen MR) is 88.8 cm³/mol. The molecule has 2 saturated carbocycles. The third-order valence-corrected chi connectivity index (χ3v) is 3.79. The van der Waals surface area contributed by atoms with E-state index >= 15 is 0 Å². The van der Waals surface area contributed by atoms with Crippen LogP contribution in [0.25, 0.3) is 0 Å². The zero-order valence-electron chi connectivity index (χ0n) is 13.7. The maximum Gasteiger partial charge on any atom is 2.00 e. The molecule has 0 unspecified atom stereocenters. The Bertz CT molecular complexity index is 317. The molecule has 0 radical (unpaired) electrons. The molecule has 2 nitrogen and oxygen atoms in total. The van der Waals surface area contributed by atoms with Crippen LogP contribution < -0.4 is 0 Å². The minimum Gasteiger partial charge on any atom is -0.467 e. The summed E-state index contributed by atoms with van der Waals surface area (Å²) >= 11 is 0. The Hall–Kier alpha value is -0.531. The summed E-state index contributed by atoms with van der Waals surface area (Å²) < 4.78 is 5.18. The van der Waals surface area contributed by atoms with Crippen molar-refractivity contribution >= 4 is 6.21 Å². The molecule has 2 aliphatic rings. The van der Waals surface area contributed by atoms with Gasteiger partial charge in [0.2, 0.25) is 0 Å². The summed E-state index contributed by atoms with van der Waals surface area (Å²) in [4.78, 5) is 4.38. The average molecular weight is 333 g/mol. The van der Waals surface area contributed by atoms with Crippen molar-refractivity contribution in [1.29, 1.82) is 0 Å². The van der Waals surface area contributed by atoms with Crippen LogP contribution in [0.3, 0.4) is 0 Å². The largest absolute Gasteiger partial charge is 2.00 e. The van der Waals surface area contributed by atoms with E-state index in [-0.39, 0.29) is 31.9 Å². The summed E-state index contributed by atoms with van der Waals surface area (Å²) in [5.74, 6) is 1.68. The van der Waals surface area contributed by atoms with Crippen LogP contribution in [0.1, 0.15) is 63.5 Å². The van der Waals surface area contributed by atoms with Gasteiger partial charge in [0.1, 0.15) is 5.76 Å². The van der Waals surface area contributed by atoms with Gasteiger partial charge >= 0.3 is 17.1 Å². The van der Waals surface area contributed by atoms with Crippen molar-refractivity contribution in [2.24, 2.45) is 10.9 Å². The molecule has 0 atom stereocenters. The van der Waals surface area contributed by atoms with E-state index in [9.17, 15) is 0 Å². The minimum atomic E-state index is 0. The van der Waals surface area contributed by atoms with Gasteiger partial charge in [-0.15, -0.1) is 0 Å². The van der Waals surface area contributed by atoms with Gasteiger partial charge in [-0.25, -0.2) is 0 Å². The molecule has 1 aromatic heterocycles. The standard InChI is InChI=1S/C11H15NO.C5H10.2CH3.Fe/c1-2-5-10(4-1)8-12-9-11-6-3-7-13-11;1-2-4-5-3-1;;;/h3,6-8,10H,1-2,4-5,9H2;1-5H2;2*1H3;/q;;2*-1;+2. The van der Waals surface area contributed by atoms with Crippen molar-refractivity contribution in [1.82, 2.24) is 0 Å². The fourth-order valence-corrected chi connectivity index (χ4v) is 2.68. The van der Waals surface area contributed by atoms with Gasteiger partial charge in [0.05, 0.1) is 12.8 Å². The van der Waals surface area contributed by atoms with E-state index in [0.29, 0.717) is 6.54 Å². The summed E-state index contributed by atoms with van der Waals surface area (Å²) in [6.07, 6.45) is 16.7. The van der Waals surface area contributed by atoms with Crippen molar-refractivity contribution in [2.75, 3.05) is 0 Å². The summed E-state index contributed by atoms with van der Waals surface area (Å²) in [5, 5.41) is 0. The van der Waals surface area contributed by atoms with Crippen molar-refractivity contribution < 1.29 is 21.5 Å². The molecule has 0 spiro atoms. The second-order valence-corrected chi connectivity index (χ2v) is 5.38. The molecule has 0 saturated heterocycles. The van der Waals surface area contributed by atoms with Crippen molar-refractivity contribution in [2.45, 2.75) is 64.3 Å². The number of hydrogen-bond donors (Lipinski definition) is 0. The van der Waals surface area contributed by atoms with Gasteiger partial charge in [-0.3, -0.25) is 4.99 Å². The van der Waals surface area contributed by atoms with Crippen molar-refractivity contribution in [3.8, 4) is 0 Å². The van der Waals surface area contributed by atoms with Crippen LogP contribution in [-0.2, 0) is 23.6 Å². The molecule has 0 amide bonds. The first-order chi connectivity index (χ1) is 8.95. The van der Waals surface area contributed by atoms with E-state index in [4.69, 9.17) is 4.42 Å². The molecule has 21 heavy (non-hydrogen) atoms. The number of furan rings is 1. The topological polar surface area (TPSA) is 25.5 Å². The van der Waals surface area contributed by atoms with Gasteiger partial charge in [0, 0.05) is 6.21 Å². The number of nitrogens with zero attached hydrogens (tertiary/aromatic N) is 1. The van der Waals surface area contributed by atoms with Gasteiger partial charge < -0.3 is 19.3 Å². The minimum absolute atomic E-state index is 0. The van der Waals surface area contributed by atoms with Crippen LogP contribution in [0, 0.1) is 20.8 Å². The maximum atomic E-state index is 5.18. The van der Waals surface area contributed by atoms with Gasteiger partial charge in [-0.1, -0.05) is 44.9 Å². The Labute approximate surface area is 142 Å². The second-order valence-electron chi connectivity index (χ2n) is 5.38. The van der Waals surface area contributed by atoms with E-state index < -0.39 is 0 Å². The van der Waals surface area contributed by atoms with E-state index in [1.54, 1.807) is 6.26 Å². The molecule has 0 N–H and O–H groups in total.